The van der Waals surface area contributed by atoms with Gasteiger partial charge in [0.1, 0.15) is 17.9 Å². The lowest BCUT2D eigenvalue weighted by molar-refractivity contribution is -0.125. The van der Waals surface area contributed by atoms with E-state index in [9.17, 15) is 14.4 Å². The number of nitrogens with one attached hydrogen (secondary N) is 2. The molecule has 2 N–H and O–H groups in total. The van der Waals surface area contributed by atoms with Crippen molar-refractivity contribution in [2.45, 2.75) is 6.61 Å². The summed E-state index contributed by atoms with van der Waals surface area (Å²) >= 11 is 0. The molecular formula is C23H20N2O5. The monoisotopic (exact) mass is 404 g/mol. The van der Waals surface area contributed by atoms with Crippen LogP contribution in [0.25, 0.3) is 0 Å². The molecule has 0 saturated heterocycles. The van der Waals surface area contributed by atoms with Crippen molar-refractivity contribution in [3.05, 3.63) is 102 Å². The Balaban J connectivity index is 1.49. The summed E-state index contributed by atoms with van der Waals surface area (Å²) in [5, 5.41) is 0. The molecule has 2 amide bonds. The zero-order valence-electron chi connectivity index (χ0n) is 16.0. The number of para-hydroxylation sites is 1. The molecule has 0 aliphatic carbocycles. The smallest absolute Gasteiger partial charge is 0.342 e. The van der Waals surface area contributed by atoms with Gasteiger partial charge in [0, 0.05) is 5.56 Å². The molecule has 7 nitrogen and oxygen atoms in total. The maximum absolute atomic E-state index is 12.4. The summed E-state index contributed by atoms with van der Waals surface area (Å²) in [4.78, 5) is 36.1. The van der Waals surface area contributed by atoms with Crippen LogP contribution in [-0.4, -0.2) is 24.4 Å². The zero-order valence-corrected chi connectivity index (χ0v) is 16.0. The van der Waals surface area contributed by atoms with Crippen molar-refractivity contribution in [1.82, 2.24) is 10.9 Å². The maximum Gasteiger partial charge on any atom is 0.342 e. The van der Waals surface area contributed by atoms with Crippen LogP contribution in [0.2, 0.25) is 0 Å². The summed E-state index contributed by atoms with van der Waals surface area (Å²) in [6.45, 7) is -0.266. The van der Waals surface area contributed by atoms with Crippen LogP contribution >= 0.6 is 0 Å². The molecule has 7 heteroatoms. The minimum atomic E-state index is -0.705. The number of hydrogen-bond donors (Lipinski definition) is 2. The van der Waals surface area contributed by atoms with E-state index in [-0.39, 0.29) is 12.2 Å². The SMILES string of the molecule is O=C(COC(=O)c1ccccc1OCc1ccccc1)NNC(=O)c1ccccc1. The minimum absolute atomic E-state index is 0.203. The van der Waals surface area contributed by atoms with Crippen LogP contribution in [0.3, 0.4) is 0 Å². The number of carbonyl (C=O) groups is 3. The van der Waals surface area contributed by atoms with E-state index in [2.05, 4.69) is 10.9 Å². The molecule has 0 aromatic heterocycles. The first kappa shape index (κ1) is 20.6. The van der Waals surface area contributed by atoms with Crippen molar-refractivity contribution in [1.29, 1.82) is 0 Å². The van der Waals surface area contributed by atoms with Gasteiger partial charge >= 0.3 is 5.97 Å². The molecule has 3 aromatic rings. The fourth-order valence-electron chi connectivity index (χ4n) is 2.53. The lowest BCUT2D eigenvalue weighted by Crippen LogP contribution is -2.43. The normalized spacial score (nSPS) is 10.0. The van der Waals surface area contributed by atoms with Crippen molar-refractivity contribution < 1.29 is 23.9 Å². The van der Waals surface area contributed by atoms with E-state index in [0.717, 1.165) is 5.56 Å². The third-order valence-corrected chi connectivity index (χ3v) is 4.03. The van der Waals surface area contributed by atoms with Crippen LogP contribution in [0.1, 0.15) is 26.3 Å². The predicted molar refractivity (Wildman–Crippen MR) is 110 cm³/mol. The Morgan fingerprint density at radius 2 is 1.37 bits per heavy atom. The van der Waals surface area contributed by atoms with E-state index < -0.39 is 24.4 Å². The topological polar surface area (TPSA) is 93.7 Å². The van der Waals surface area contributed by atoms with Crippen LogP contribution in [0.5, 0.6) is 5.75 Å². The highest BCUT2D eigenvalue weighted by Crippen LogP contribution is 2.20. The van der Waals surface area contributed by atoms with Crippen LogP contribution in [0, 0.1) is 0 Å². The second kappa shape index (κ2) is 10.4. The van der Waals surface area contributed by atoms with Gasteiger partial charge in [-0.2, -0.15) is 0 Å². The van der Waals surface area contributed by atoms with Gasteiger partial charge in [-0.15, -0.1) is 0 Å². The third-order valence-electron chi connectivity index (χ3n) is 4.03. The van der Waals surface area contributed by atoms with Gasteiger partial charge in [0.2, 0.25) is 0 Å². The number of rotatable bonds is 7. The Morgan fingerprint density at radius 1 is 0.733 bits per heavy atom. The Bertz CT molecular complexity index is 1010. The molecule has 0 heterocycles. The summed E-state index contributed by atoms with van der Waals surface area (Å²) in [5.41, 5.74) is 6.00. The summed E-state index contributed by atoms with van der Waals surface area (Å²) in [5.74, 6) is -1.50. The highest BCUT2D eigenvalue weighted by Gasteiger charge is 2.16. The van der Waals surface area contributed by atoms with E-state index >= 15 is 0 Å². The van der Waals surface area contributed by atoms with E-state index in [4.69, 9.17) is 9.47 Å². The third kappa shape index (κ3) is 5.93. The van der Waals surface area contributed by atoms with Gasteiger partial charge in [0.15, 0.2) is 6.61 Å². The molecule has 152 valence electrons. The first-order chi connectivity index (χ1) is 14.6. The van der Waals surface area contributed by atoms with Gasteiger partial charge in [-0.05, 0) is 29.8 Å². The first-order valence-corrected chi connectivity index (χ1v) is 9.20. The van der Waals surface area contributed by atoms with Gasteiger partial charge < -0.3 is 9.47 Å². The quantitative estimate of drug-likeness (QED) is 0.467. The molecule has 0 radical (unpaired) electrons. The van der Waals surface area contributed by atoms with Crippen molar-refractivity contribution in [3.63, 3.8) is 0 Å². The molecule has 3 aromatic carbocycles. The van der Waals surface area contributed by atoms with Gasteiger partial charge in [0.05, 0.1) is 0 Å². The lowest BCUT2D eigenvalue weighted by atomic mass is 10.2. The number of esters is 1. The van der Waals surface area contributed by atoms with Crippen molar-refractivity contribution in [2.75, 3.05) is 6.61 Å². The Labute approximate surface area is 173 Å². The van der Waals surface area contributed by atoms with Gasteiger partial charge in [0.25, 0.3) is 11.8 Å². The Hall–Kier alpha value is -4.13. The molecule has 0 spiro atoms. The largest absolute Gasteiger partial charge is 0.488 e. The molecule has 0 aliphatic rings. The predicted octanol–water partition coefficient (Wildman–Crippen LogP) is 2.88. The maximum atomic E-state index is 12.4. The fourth-order valence-corrected chi connectivity index (χ4v) is 2.53. The summed E-state index contributed by atoms with van der Waals surface area (Å²) in [6.07, 6.45) is 0. The number of amides is 2. The van der Waals surface area contributed by atoms with Crippen molar-refractivity contribution in [2.24, 2.45) is 0 Å². The molecule has 0 atom stereocenters. The zero-order chi connectivity index (χ0) is 21.2. The fraction of sp³-hybridized carbons (Fsp3) is 0.0870. The van der Waals surface area contributed by atoms with Crippen LogP contribution < -0.4 is 15.6 Å². The summed E-state index contributed by atoms with van der Waals surface area (Å²) in [6, 6.07) is 24.5. The number of hydrogen-bond acceptors (Lipinski definition) is 5. The molecule has 0 saturated carbocycles. The van der Waals surface area contributed by atoms with E-state index in [1.165, 1.54) is 0 Å². The number of hydrazine groups is 1. The second-order valence-electron chi connectivity index (χ2n) is 6.21. The molecule has 0 unspecified atom stereocenters. The lowest BCUT2D eigenvalue weighted by Gasteiger charge is -2.12. The standard InChI is InChI=1S/C23H20N2O5/c26-21(24-25-22(27)18-11-5-2-6-12-18)16-30-23(28)19-13-7-8-14-20(19)29-15-17-9-3-1-4-10-17/h1-14H,15-16H2,(H,24,26)(H,25,27). The highest BCUT2D eigenvalue weighted by atomic mass is 16.5. The molecule has 0 aliphatic heterocycles. The molecular weight excluding hydrogens is 384 g/mol. The van der Waals surface area contributed by atoms with E-state index in [1.807, 2.05) is 30.3 Å². The number of ether oxygens (including phenoxy) is 2. The first-order valence-electron chi connectivity index (χ1n) is 9.20. The minimum Gasteiger partial charge on any atom is -0.488 e. The average molecular weight is 404 g/mol. The molecule has 0 fully saturated rings. The van der Waals surface area contributed by atoms with E-state index in [0.29, 0.717) is 11.3 Å². The second-order valence-corrected chi connectivity index (χ2v) is 6.21. The molecule has 3 rings (SSSR count). The van der Waals surface area contributed by atoms with E-state index in [1.54, 1.807) is 54.6 Å². The highest BCUT2D eigenvalue weighted by molar-refractivity contribution is 5.96. The summed E-state index contributed by atoms with van der Waals surface area (Å²) < 4.78 is 10.8. The Morgan fingerprint density at radius 3 is 2.10 bits per heavy atom. The molecule has 30 heavy (non-hydrogen) atoms. The van der Waals surface area contributed by atoms with Gasteiger partial charge in [-0.1, -0.05) is 60.7 Å². The Kier molecular flexibility index (Phi) is 7.16. The number of carbonyl (C=O) groups excluding carboxylic acids is 3. The number of benzene rings is 3. The average Bonchev–Trinajstić information content (AvgIpc) is 2.81. The summed E-state index contributed by atoms with van der Waals surface area (Å²) in [7, 11) is 0. The van der Waals surface area contributed by atoms with Crippen LogP contribution in [0.15, 0.2) is 84.9 Å². The van der Waals surface area contributed by atoms with Gasteiger partial charge in [-0.25, -0.2) is 4.79 Å². The molecule has 0 bridgehead atoms. The van der Waals surface area contributed by atoms with Crippen molar-refractivity contribution in [3.8, 4) is 5.75 Å². The van der Waals surface area contributed by atoms with Gasteiger partial charge in [-0.3, -0.25) is 20.4 Å². The van der Waals surface area contributed by atoms with Crippen LogP contribution in [-0.2, 0) is 16.1 Å². The van der Waals surface area contributed by atoms with Crippen molar-refractivity contribution >= 4 is 17.8 Å². The van der Waals surface area contributed by atoms with Crippen LogP contribution in [0.4, 0.5) is 0 Å².